The summed E-state index contributed by atoms with van der Waals surface area (Å²) in [6.45, 7) is 0. The summed E-state index contributed by atoms with van der Waals surface area (Å²) in [5.41, 5.74) is -3.53. The van der Waals surface area contributed by atoms with Gasteiger partial charge in [0.25, 0.3) is 0 Å². The van der Waals surface area contributed by atoms with Gasteiger partial charge in [-0.3, -0.25) is 0 Å². The van der Waals surface area contributed by atoms with Crippen LogP contribution in [0, 0.1) is 0 Å². The van der Waals surface area contributed by atoms with Crippen LogP contribution in [0.2, 0.25) is 0 Å². The molecule has 0 spiro atoms. The number of carboxylic acid groups (broad SMARTS) is 1. The van der Waals surface area contributed by atoms with Gasteiger partial charge in [-0.1, -0.05) is 6.07 Å². The molecular formula is C18H9F6NO3. The largest absolute Gasteiger partial charge is 0.478 e. The van der Waals surface area contributed by atoms with Gasteiger partial charge in [0.2, 0.25) is 5.89 Å². The third kappa shape index (κ3) is 4.00. The minimum absolute atomic E-state index is 0.0147. The van der Waals surface area contributed by atoms with E-state index in [1.165, 1.54) is 24.3 Å². The Balaban J connectivity index is 2.08. The molecule has 4 nitrogen and oxygen atoms in total. The number of aromatic carboxylic acids is 1. The van der Waals surface area contributed by atoms with Crippen LogP contribution in [0.25, 0.3) is 22.7 Å². The van der Waals surface area contributed by atoms with E-state index in [0.29, 0.717) is 12.1 Å². The Labute approximate surface area is 153 Å². The van der Waals surface area contributed by atoms with Crippen LogP contribution in [0.15, 0.2) is 53.1 Å². The van der Waals surface area contributed by atoms with E-state index in [-0.39, 0.29) is 28.8 Å². The van der Waals surface area contributed by atoms with Crippen molar-refractivity contribution in [3.8, 4) is 22.7 Å². The van der Waals surface area contributed by atoms with Gasteiger partial charge in [-0.2, -0.15) is 26.3 Å². The number of hydrogen-bond donors (Lipinski definition) is 1. The fraction of sp³-hybridized carbons (Fsp3) is 0.111. The first kappa shape index (κ1) is 19.5. The highest BCUT2D eigenvalue weighted by molar-refractivity contribution is 5.89. The zero-order valence-corrected chi connectivity index (χ0v) is 13.6. The molecule has 3 rings (SSSR count). The van der Waals surface area contributed by atoms with E-state index in [1.54, 1.807) is 0 Å². The average Bonchev–Trinajstić information content (AvgIpc) is 3.10. The van der Waals surface area contributed by atoms with E-state index in [9.17, 15) is 31.1 Å². The predicted octanol–water partition coefficient (Wildman–Crippen LogP) is 5.74. The summed E-state index contributed by atoms with van der Waals surface area (Å²) in [5.74, 6) is -1.37. The lowest BCUT2D eigenvalue weighted by Gasteiger charge is -2.13. The number of nitrogens with zero attached hydrogens (tertiary/aromatic N) is 1. The SMILES string of the molecule is O=C(O)c1cccc(-c2nc(-c3cc(C(F)(F)F)cc(C(F)(F)F)c3)co2)c1. The second-order valence-corrected chi connectivity index (χ2v) is 5.72. The molecule has 0 saturated carbocycles. The van der Waals surface area contributed by atoms with Gasteiger partial charge < -0.3 is 9.52 Å². The van der Waals surface area contributed by atoms with Gasteiger partial charge in [0.1, 0.15) is 12.0 Å². The standard InChI is InChI=1S/C18H9F6NO3/c19-17(20,21)12-5-11(6-13(7-12)18(22,23)24)14-8-28-15(25-14)9-2-1-3-10(4-9)16(26)27/h1-8H,(H,26,27). The highest BCUT2D eigenvalue weighted by Crippen LogP contribution is 2.38. The van der Waals surface area contributed by atoms with Crippen LogP contribution in [0.1, 0.15) is 21.5 Å². The van der Waals surface area contributed by atoms with Crippen molar-refractivity contribution >= 4 is 5.97 Å². The number of benzene rings is 2. The van der Waals surface area contributed by atoms with Crippen molar-refractivity contribution in [1.29, 1.82) is 0 Å². The highest BCUT2D eigenvalue weighted by atomic mass is 19.4. The Hall–Kier alpha value is -3.30. The normalized spacial score (nSPS) is 12.2. The van der Waals surface area contributed by atoms with E-state index >= 15 is 0 Å². The summed E-state index contributed by atoms with van der Waals surface area (Å²) in [5, 5.41) is 8.99. The van der Waals surface area contributed by atoms with Crippen LogP contribution in [-0.2, 0) is 12.4 Å². The average molecular weight is 401 g/mol. The predicted molar refractivity (Wildman–Crippen MR) is 84.3 cm³/mol. The molecular weight excluding hydrogens is 392 g/mol. The number of carboxylic acids is 1. The Bertz CT molecular complexity index is 1000. The van der Waals surface area contributed by atoms with Crippen LogP contribution in [0.5, 0.6) is 0 Å². The van der Waals surface area contributed by atoms with Gasteiger partial charge in [0.15, 0.2) is 0 Å². The van der Waals surface area contributed by atoms with Crippen molar-refractivity contribution in [3.63, 3.8) is 0 Å². The number of hydrogen-bond acceptors (Lipinski definition) is 3. The van der Waals surface area contributed by atoms with Crippen molar-refractivity contribution < 1.29 is 40.7 Å². The smallest absolute Gasteiger partial charge is 0.416 e. The Morgan fingerprint density at radius 2 is 1.50 bits per heavy atom. The van der Waals surface area contributed by atoms with Crippen LogP contribution in [0.4, 0.5) is 26.3 Å². The number of alkyl halides is 6. The molecule has 2 aromatic carbocycles. The maximum absolute atomic E-state index is 13.0. The lowest BCUT2D eigenvalue weighted by Crippen LogP contribution is -2.11. The molecule has 3 aromatic rings. The van der Waals surface area contributed by atoms with Crippen molar-refractivity contribution in [2.24, 2.45) is 0 Å². The number of oxazole rings is 1. The number of aromatic nitrogens is 1. The molecule has 0 saturated heterocycles. The Morgan fingerprint density at radius 3 is 2.04 bits per heavy atom. The number of halogens is 6. The molecule has 0 atom stereocenters. The molecule has 0 amide bonds. The fourth-order valence-corrected chi connectivity index (χ4v) is 2.43. The van der Waals surface area contributed by atoms with Crippen molar-refractivity contribution in [2.45, 2.75) is 12.4 Å². The molecule has 0 aliphatic heterocycles. The summed E-state index contributed by atoms with van der Waals surface area (Å²) in [7, 11) is 0. The van der Waals surface area contributed by atoms with Crippen LogP contribution < -0.4 is 0 Å². The molecule has 1 aromatic heterocycles. The van der Waals surface area contributed by atoms with Gasteiger partial charge in [0.05, 0.1) is 16.7 Å². The van der Waals surface area contributed by atoms with Gasteiger partial charge in [-0.05, 0) is 36.4 Å². The van der Waals surface area contributed by atoms with E-state index in [4.69, 9.17) is 9.52 Å². The molecule has 0 aliphatic rings. The van der Waals surface area contributed by atoms with Gasteiger partial charge >= 0.3 is 18.3 Å². The molecule has 146 valence electrons. The molecule has 0 bridgehead atoms. The third-order valence-electron chi connectivity index (χ3n) is 3.74. The van der Waals surface area contributed by atoms with Gasteiger partial charge in [-0.15, -0.1) is 0 Å². The lowest BCUT2D eigenvalue weighted by atomic mass is 10.0. The van der Waals surface area contributed by atoms with Gasteiger partial charge in [-0.25, -0.2) is 9.78 Å². The summed E-state index contributed by atoms with van der Waals surface area (Å²) in [6.07, 6.45) is -9.07. The monoisotopic (exact) mass is 401 g/mol. The first-order valence-corrected chi connectivity index (χ1v) is 7.54. The summed E-state index contributed by atoms with van der Waals surface area (Å²) in [4.78, 5) is 14.9. The van der Waals surface area contributed by atoms with Crippen LogP contribution in [-0.4, -0.2) is 16.1 Å². The topological polar surface area (TPSA) is 63.3 Å². The highest BCUT2D eigenvalue weighted by Gasteiger charge is 2.37. The minimum atomic E-state index is -4.99. The van der Waals surface area contributed by atoms with Crippen molar-refractivity contribution in [2.75, 3.05) is 0 Å². The quantitative estimate of drug-likeness (QED) is 0.568. The minimum Gasteiger partial charge on any atom is -0.478 e. The van der Waals surface area contributed by atoms with E-state index in [2.05, 4.69) is 4.98 Å². The summed E-state index contributed by atoms with van der Waals surface area (Å²) >= 11 is 0. The summed E-state index contributed by atoms with van der Waals surface area (Å²) in [6, 6.07) is 6.43. The third-order valence-corrected chi connectivity index (χ3v) is 3.74. The first-order valence-electron chi connectivity index (χ1n) is 7.54. The number of rotatable bonds is 3. The Kier molecular flexibility index (Phi) is 4.66. The fourth-order valence-electron chi connectivity index (χ4n) is 2.43. The van der Waals surface area contributed by atoms with E-state index in [0.717, 1.165) is 6.26 Å². The lowest BCUT2D eigenvalue weighted by molar-refractivity contribution is -0.143. The Morgan fingerprint density at radius 1 is 0.893 bits per heavy atom. The summed E-state index contributed by atoms with van der Waals surface area (Å²) < 4.78 is 83.0. The molecule has 0 unspecified atom stereocenters. The molecule has 0 radical (unpaired) electrons. The maximum atomic E-state index is 13.0. The molecule has 1 N–H and O–H groups in total. The van der Waals surface area contributed by atoms with E-state index in [1.807, 2.05) is 0 Å². The molecule has 1 heterocycles. The van der Waals surface area contributed by atoms with E-state index < -0.39 is 35.0 Å². The molecule has 0 aliphatic carbocycles. The van der Waals surface area contributed by atoms with Crippen LogP contribution in [0.3, 0.4) is 0 Å². The second kappa shape index (κ2) is 6.70. The van der Waals surface area contributed by atoms with Gasteiger partial charge in [0, 0.05) is 11.1 Å². The molecule has 10 heteroatoms. The second-order valence-electron chi connectivity index (χ2n) is 5.72. The zero-order valence-electron chi connectivity index (χ0n) is 13.6. The molecule has 0 fully saturated rings. The van der Waals surface area contributed by atoms with Crippen molar-refractivity contribution in [3.05, 3.63) is 65.4 Å². The van der Waals surface area contributed by atoms with Crippen LogP contribution >= 0.6 is 0 Å². The number of carbonyl (C=O) groups is 1. The first-order chi connectivity index (χ1) is 12.9. The maximum Gasteiger partial charge on any atom is 0.416 e. The van der Waals surface area contributed by atoms with Crippen molar-refractivity contribution in [1.82, 2.24) is 4.98 Å². The zero-order chi connectivity index (χ0) is 20.7. The molecule has 28 heavy (non-hydrogen) atoms.